The Hall–Kier alpha value is -2.31. The molecule has 7 nitrogen and oxygen atoms in total. The second-order valence-electron chi connectivity index (χ2n) is 6.29. The summed E-state index contributed by atoms with van der Waals surface area (Å²) in [6, 6.07) is 3.77. The van der Waals surface area contributed by atoms with Crippen LogP contribution in [-0.4, -0.2) is 54.2 Å². The molecule has 0 saturated carbocycles. The van der Waals surface area contributed by atoms with Crippen LogP contribution in [0.1, 0.15) is 26.3 Å². The molecular weight excluding hydrogens is 296 g/mol. The molecule has 1 N–H and O–H groups in total. The number of aliphatic imine (C=N–C) groups is 1. The van der Waals surface area contributed by atoms with Crippen molar-refractivity contribution in [2.45, 2.75) is 32.9 Å². The summed E-state index contributed by atoms with van der Waals surface area (Å²) in [5, 5.41) is 3.25. The van der Waals surface area contributed by atoms with Crippen molar-refractivity contribution in [3.63, 3.8) is 0 Å². The maximum atomic E-state index is 12.1. The van der Waals surface area contributed by atoms with Crippen LogP contribution in [0.15, 0.2) is 23.3 Å². The third kappa shape index (κ3) is 5.43. The van der Waals surface area contributed by atoms with Crippen LogP contribution in [-0.2, 0) is 11.3 Å². The molecule has 0 aliphatic carbocycles. The lowest BCUT2D eigenvalue weighted by atomic mass is 10.2. The smallest absolute Gasteiger partial charge is 0.410 e. The third-order valence-corrected chi connectivity index (χ3v) is 3.17. The van der Waals surface area contributed by atoms with Crippen molar-refractivity contribution < 1.29 is 14.3 Å². The number of carbonyl (C=O) groups is 1. The van der Waals surface area contributed by atoms with Gasteiger partial charge in [0.25, 0.3) is 0 Å². The minimum Gasteiger partial charge on any atom is -0.481 e. The van der Waals surface area contributed by atoms with E-state index in [0.29, 0.717) is 32.1 Å². The Balaban J connectivity index is 1.88. The standard InChI is InChI=1S/C16H24N4O3/c1-16(2,3)23-15(21)20-8-7-17-13(11-20)19-10-12-5-6-18-14(9-12)22-4/h5-6,9H,7-8,10-11H2,1-4H3,(H,17,19). The van der Waals surface area contributed by atoms with Crippen LogP contribution in [0.5, 0.6) is 5.88 Å². The molecule has 0 saturated heterocycles. The number of amidine groups is 1. The van der Waals surface area contributed by atoms with Gasteiger partial charge in [0.05, 0.1) is 20.2 Å². The molecule has 23 heavy (non-hydrogen) atoms. The van der Waals surface area contributed by atoms with Crippen molar-refractivity contribution >= 4 is 11.9 Å². The zero-order valence-electron chi connectivity index (χ0n) is 14.1. The van der Waals surface area contributed by atoms with Gasteiger partial charge in [-0.1, -0.05) is 0 Å². The van der Waals surface area contributed by atoms with Crippen LogP contribution < -0.4 is 10.1 Å². The second kappa shape index (κ2) is 7.30. The van der Waals surface area contributed by atoms with Crippen molar-refractivity contribution in [1.82, 2.24) is 15.2 Å². The molecular formula is C16H24N4O3. The van der Waals surface area contributed by atoms with E-state index in [0.717, 1.165) is 11.4 Å². The molecule has 0 atom stereocenters. The van der Waals surface area contributed by atoms with Gasteiger partial charge >= 0.3 is 6.09 Å². The molecule has 0 aromatic carbocycles. The fourth-order valence-corrected chi connectivity index (χ4v) is 2.09. The summed E-state index contributed by atoms with van der Waals surface area (Å²) in [6.07, 6.45) is 1.39. The van der Waals surface area contributed by atoms with Gasteiger partial charge in [-0.05, 0) is 32.4 Å². The van der Waals surface area contributed by atoms with E-state index in [9.17, 15) is 4.79 Å². The molecule has 0 radical (unpaired) electrons. The van der Waals surface area contributed by atoms with Gasteiger partial charge in [-0.3, -0.25) is 9.89 Å². The highest BCUT2D eigenvalue weighted by molar-refractivity contribution is 5.87. The highest BCUT2D eigenvalue weighted by Gasteiger charge is 2.24. The zero-order valence-corrected chi connectivity index (χ0v) is 14.1. The van der Waals surface area contributed by atoms with Crippen molar-refractivity contribution in [2.75, 3.05) is 26.7 Å². The number of hydrogen-bond acceptors (Lipinski definition) is 6. The van der Waals surface area contributed by atoms with Gasteiger partial charge in [-0.25, -0.2) is 9.78 Å². The predicted molar refractivity (Wildman–Crippen MR) is 87.7 cm³/mol. The summed E-state index contributed by atoms with van der Waals surface area (Å²) in [5.41, 5.74) is 0.543. The maximum absolute atomic E-state index is 12.1. The molecule has 0 unspecified atom stereocenters. The van der Waals surface area contributed by atoms with Crippen LogP contribution >= 0.6 is 0 Å². The number of nitrogens with one attached hydrogen (secondary N) is 1. The number of aromatic nitrogens is 1. The van der Waals surface area contributed by atoms with E-state index in [1.54, 1.807) is 18.2 Å². The first-order valence-corrected chi connectivity index (χ1v) is 7.61. The fraction of sp³-hybridized carbons (Fsp3) is 0.562. The molecule has 1 aromatic rings. The number of pyridine rings is 1. The van der Waals surface area contributed by atoms with Crippen LogP contribution in [0.4, 0.5) is 4.79 Å². The summed E-state index contributed by atoms with van der Waals surface area (Å²) < 4.78 is 10.5. The molecule has 7 heteroatoms. The summed E-state index contributed by atoms with van der Waals surface area (Å²) in [6.45, 7) is 7.75. The lowest BCUT2D eigenvalue weighted by Gasteiger charge is -2.30. The number of nitrogens with zero attached hydrogens (tertiary/aromatic N) is 3. The Morgan fingerprint density at radius 1 is 1.43 bits per heavy atom. The third-order valence-electron chi connectivity index (χ3n) is 3.17. The van der Waals surface area contributed by atoms with E-state index in [2.05, 4.69) is 15.3 Å². The lowest BCUT2D eigenvalue weighted by Crippen LogP contribution is -2.47. The van der Waals surface area contributed by atoms with Gasteiger partial charge < -0.3 is 14.8 Å². The Bertz CT molecular complexity index is 581. The van der Waals surface area contributed by atoms with E-state index in [1.807, 2.05) is 32.9 Å². The Morgan fingerprint density at radius 2 is 2.22 bits per heavy atom. The number of ether oxygens (including phenoxy) is 2. The lowest BCUT2D eigenvalue weighted by molar-refractivity contribution is 0.0276. The molecule has 0 bridgehead atoms. The van der Waals surface area contributed by atoms with Crippen LogP contribution in [0.3, 0.4) is 0 Å². The van der Waals surface area contributed by atoms with E-state index in [4.69, 9.17) is 9.47 Å². The predicted octanol–water partition coefficient (Wildman–Crippen LogP) is 1.83. The quantitative estimate of drug-likeness (QED) is 0.919. The molecule has 2 rings (SSSR count). The Labute approximate surface area is 136 Å². The van der Waals surface area contributed by atoms with Crippen molar-refractivity contribution in [3.8, 4) is 5.88 Å². The van der Waals surface area contributed by atoms with Crippen molar-refractivity contribution in [2.24, 2.45) is 4.99 Å². The maximum Gasteiger partial charge on any atom is 0.410 e. The Morgan fingerprint density at radius 3 is 2.91 bits per heavy atom. The molecule has 2 heterocycles. The first-order chi connectivity index (χ1) is 10.9. The minimum atomic E-state index is -0.493. The average Bonchev–Trinajstić information content (AvgIpc) is 2.52. The van der Waals surface area contributed by atoms with Gasteiger partial charge in [0.15, 0.2) is 0 Å². The molecule has 0 fully saturated rings. The number of amides is 1. The number of rotatable bonds is 3. The summed E-state index contributed by atoms with van der Waals surface area (Å²) >= 11 is 0. The summed E-state index contributed by atoms with van der Waals surface area (Å²) in [7, 11) is 1.59. The van der Waals surface area contributed by atoms with Gasteiger partial charge in [-0.15, -0.1) is 0 Å². The molecule has 1 aliphatic rings. The van der Waals surface area contributed by atoms with Gasteiger partial charge in [0.1, 0.15) is 11.4 Å². The van der Waals surface area contributed by atoms with Crippen LogP contribution in [0, 0.1) is 0 Å². The molecule has 1 aliphatic heterocycles. The zero-order chi connectivity index (χ0) is 16.9. The molecule has 1 aromatic heterocycles. The highest BCUT2D eigenvalue weighted by atomic mass is 16.6. The number of methoxy groups -OCH3 is 1. The first kappa shape index (κ1) is 17.1. The highest BCUT2D eigenvalue weighted by Crippen LogP contribution is 2.11. The van der Waals surface area contributed by atoms with Crippen LogP contribution in [0.2, 0.25) is 0 Å². The Kier molecular flexibility index (Phi) is 5.41. The summed E-state index contributed by atoms with van der Waals surface area (Å²) in [5.74, 6) is 1.35. The average molecular weight is 320 g/mol. The minimum absolute atomic E-state index is 0.308. The van der Waals surface area contributed by atoms with E-state index in [1.165, 1.54) is 0 Å². The SMILES string of the molecule is COc1cc(CNC2=NCCN(C(=O)OC(C)(C)C)C2)ccn1. The number of carbonyl (C=O) groups excluding carboxylic acids is 1. The topological polar surface area (TPSA) is 76.0 Å². The molecule has 0 spiro atoms. The van der Waals surface area contributed by atoms with Crippen LogP contribution in [0.25, 0.3) is 0 Å². The fourth-order valence-electron chi connectivity index (χ4n) is 2.09. The number of hydrogen-bond donors (Lipinski definition) is 1. The summed E-state index contributed by atoms with van der Waals surface area (Å²) in [4.78, 5) is 22.3. The largest absolute Gasteiger partial charge is 0.481 e. The van der Waals surface area contributed by atoms with E-state index >= 15 is 0 Å². The van der Waals surface area contributed by atoms with Gasteiger partial charge in [0.2, 0.25) is 5.88 Å². The first-order valence-electron chi connectivity index (χ1n) is 7.61. The molecule has 1 amide bonds. The monoisotopic (exact) mass is 320 g/mol. The van der Waals surface area contributed by atoms with Gasteiger partial charge in [0, 0.05) is 25.4 Å². The van der Waals surface area contributed by atoms with Crippen molar-refractivity contribution in [3.05, 3.63) is 23.9 Å². The van der Waals surface area contributed by atoms with Gasteiger partial charge in [-0.2, -0.15) is 0 Å². The van der Waals surface area contributed by atoms with E-state index < -0.39 is 5.60 Å². The normalized spacial score (nSPS) is 15.0. The second-order valence-corrected chi connectivity index (χ2v) is 6.29. The van der Waals surface area contributed by atoms with Crippen molar-refractivity contribution in [1.29, 1.82) is 0 Å². The van der Waals surface area contributed by atoms with E-state index in [-0.39, 0.29) is 6.09 Å². The molecule has 126 valence electrons.